The molecule has 1 heterocycles. The highest BCUT2D eigenvalue weighted by molar-refractivity contribution is 7.03. The van der Waals surface area contributed by atoms with Crippen molar-refractivity contribution in [1.29, 1.82) is 0 Å². The van der Waals surface area contributed by atoms with Gasteiger partial charge >= 0.3 is 0 Å². The Bertz CT molecular complexity index is 1050. The molecule has 2 aromatic carbocycles. The first-order valence-electron chi connectivity index (χ1n) is 9.41. The lowest BCUT2D eigenvalue weighted by Crippen LogP contribution is -2.49. The van der Waals surface area contributed by atoms with Crippen LogP contribution < -0.4 is 10.2 Å². The van der Waals surface area contributed by atoms with Crippen LogP contribution in [0, 0.1) is 12.7 Å². The van der Waals surface area contributed by atoms with E-state index in [4.69, 9.17) is 0 Å². The van der Waals surface area contributed by atoms with Gasteiger partial charge in [0.1, 0.15) is 11.9 Å². The van der Waals surface area contributed by atoms with Crippen molar-refractivity contribution in [2.24, 2.45) is 0 Å². The van der Waals surface area contributed by atoms with Crippen molar-refractivity contribution in [2.45, 2.75) is 39.3 Å². The van der Waals surface area contributed by atoms with E-state index in [2.05, 4.69) is 14.9 Å². The molecule has 0 unspecified atom stereocenters. The number of rotatable bonds is 5. The summed E-state index contributed by atoms with van der Waals surface area (Å²) in [5, 5.41) is 8.24. The van der Waals surface area contributed by atoms with Gasteiger partial charge in [-0.2, -0.15) is 0 Å². The van der Waals surface area contributed by atoms with Crippen molar-refractivity contribution in [2.75, 3.05) is 4.90 Å². The maximum Gasteiger partial charge on any atom is 0.280 e. The minimum absolute atomic E-state index is 0.00827. The number of benzene rings is 2. The minimum Gasteiger partial charge on any atom is -0.349 e. The van der Waals surface area contributed by atoms with Crippen LogP contribution in [0.4, 0.5) is 10.1 Å². The number of aromatic nitrogens is 2. The largest absolute Gasteiger partial charge is 0.349 e. The van der Waals surface area contributed by atoms with Gasteiger partial charge in [-0.05, 0) is 56.9 Å². The molecule has 1 atom stereocenters. The Morgan fingerprint density at radius 2 is 1.87 bits per heavy atom. The highest BCUT2D eigenvalue weighted by atomic mass is 32.1. The number of nitrogens with one attached hydrogen (secondary N) is 1. The van der Waals surface area contributed by atoms with E-state index < -0.39 is 29.2 Å². The predicted octanol–water partition coefficient (Wildman–Crippen LogP) is 4.29. The molecule has 0 fully saturated rings. The zero-order valence-corrected chi connectivity index (χ0v) is 18.0. The molecular formula is C22H23FN4O2S. The Morgan fingerprint density at radius 1 is 1.13 bits per heavy atom. The summed E-state index contributed by atoms with van der Waals surface area (Å²) in [5.74, 6) is -1.65. The van der Waals surface area contributed by atoms with Crippen molar-refractivity contribution in [1.82, 2.24) is 14.9 Å². The molecule has 0 bridgehead atoms. The van der Waals surface area contributed by atoms with Crippen LogP contribution in [-0.2, 0) is 4.79 Å². The fourth-order valence-electron chi connectivity index (χ4n) is 3.09. The third kappa shape index (κ3) is 4.88. The molecule has 0 aliphatic carbocycles. The molecule has 30 heavy (non-hydrogen) atoms. The second kappa shape index (κ2) is 8.71. The number of aryl methyl sites for hydroxylation is 1. The monoisotopic (exact) mass is 426 g/mol. The highest BCUT2D eigenvalue weighted by Gasteiger charge is 2.37. The quantitative estimate of drug-likeness (QED) is 0.660. The molecule has 1 aromatic heterocycles. The standard InChI is InChI=1S/C22H23FN4O2S/c1-14-8-7-9-15(12-14)19(20(28)24-22(2,3)4)27(18-11-6-5-10-16(18)23)21(29)17-13-30-26-25-17/h5-13,19H,1-4H3,(H,24,28)/t19-/m1/s1. The van der Waals surface area contributed by atoms with Crippen molar-refractivity contribution >= 4 is 29.0 Å². The summed E-state index contributed by atoms with van der Waals surface area (Å²) < 4.78 is 18.6. The van der Waals surface area contributed by atoms with E-state index in [0.29, 0.717) is 5.56 Å². The van der Waals surface area contributed by atoms with Crippen molar-refractivity contribution in [3.05, 3.63) is 76.5 Å². The molecule has 3 rings (SSSR count). The number of anilines is 1. The maximum absolute atomic E-state index is 14.8. The highest BCUT2D eigenvalue weighted by Crippen LogP contribution is 2.32. The molecule has 0 saturated heterocycles. The molecule has 2 amide bonds. The summed E-state index contributed by atoms with van der Waals surface area (Å²) in [6.07, 6.45) is 0. The van der Waals surface area contributed by atoms with Crippen LogP contribution in [0.25, 0.3) is 0 Å². The van der Waals surface area contributed by atoms with Crippen molar-refractivity contribution < 1.29 is 14.0 Å². The molecule has 0 radical (unpaired) electrons. The second-order valence-corrected chi connectivity index (χ2v) is 8.58. The molecule has 3 aromatic rings. The number of carbonyl (C=O) groups is 2. The number of para-hydroxylation sites is 1. The summed E-state index contributed by atoms with van der Waals surface area (Å²) in [7, 11) is 0. The molecular weight excluding hydrogens is 403 g/mol. The summed E-state index contributed by atoms with van der Waals surface area (Å²) in [6.45, 7) is 7.43. The molecule has 0 spiro atoms. The van der Waals surface area contributed by atoms with E-state index >= 15 is 0 Å². The number of amides is 2. The van der Waals surface area contributed by atoms with Crippen LogP contribution >= 0.6 is 11.5 Å². The van der Waals surface area contributed by atoms with Crippen molar-refractivity contribution in [3.63, 3.8) is 0 Å². The van der Waals surface area contributed by atoms with Gasteiger partial charge in [0.05, 0.1) is 5.69 Å². The van der Waals surface area contributed by atoms with Gasteiger partial charge in [0.25, 0.3) is 5.91 Å². The van der Waals surface area contributed by atoms with Crippen LogP contribution in [-0.4, -0.2) is 26.9 Å². The summed E-state index contributed by atoms with van der Waals surface area (Å²) in [4.78, 5) is 28.0. The molecule has 0 aliphatic heterocycles. The third-order valence-electron chi connectivity index (χ3n) is 4.27. The maximum atomic E-state index is 14.8. The molecule has 0 aliphatic rings. The van der Waals surface area contributed by atoms with Crippen LogP contribution in [0.3, 0.4) is 0 Å². The van der Waals surface area contributed by atoms with Crippen LogP contribution in [0.2, 0.25) is 0 Å². The van der Waals surface area contributed by atoms with Crippen LogP contribution in [0.1, 0.15) is 48.4 Å². The van der Waals surface area contributed by atoms with Gasteiger partial charge in [-0.1, -0.05) is 46.4 Å². The number of carbonyl (C=O) groups excluding carboxylic acids is 2. The fraction of sp³-hybridized carbons (Fsp3) is 0.273. The third-order valence-corrected chi connectivity index (χ3v) is 4.78. The van der Waals surface area contributed by atoms with Gasteiger partial charge in [0.15, 0.2) is 5.69 Å². The second-order valence-electron chi connectivity index (χ2n) is 7.97. The Morgan fingerprint density at radius 3 is 2.47 bits per heavy atom. The normalized spacial score (nSPS) is 12.3. The lowest BCUT2D eigenvalue weighted by Gasteiger charge is -2.33. The number of nitrogens with zero attached hydrogens (tertiary/aromatic N) is 3. The predicted molar refractivity (Wildman–Crippen MR) is 115 cm³/mol. The van der Waals surface area contributed by atoms with Gasteiger partial charge in [-0.15, -0.1) is 5.10 Å². The summed E-state index contributed by atoms with van der Waals surface area (Å²) in [5.41, 5.74) is 0.968. The van der Waals surface area contributed by atoms with Gasteiger partial charge in [0, 0.05) is 10.9 Å². The number of halogens is 1. The topological polar surface area (TPSA) is 75.2 Å². The molecule has 156 valence electrons. The Kier molecular flexibility index (Phi) is 6.26. The van der Waals surface area contributed by atoms with E-state index in [1.165, 1.54) is 23.6 Å². The zero-order chi connectivity index (χ0) is 21.9. The molecule has 0 saturated carbocycles. The Hall–Kier alpha value is -3.13. The zero-order valence-electron chi connectivity index (χ0n) is 17.2. The van der Waals surface area contributed by atoms with E-state index in [-0.39, 0.29) is 11.4 Å². The van der Waals surface area contributed by atoms with Gasteiger partial charge in [-0.3, -0.25) is 14.5 Å². The Labute approximate surface area is 178 Å². The minimum atomic E-state index is -1.10. The van der Waals surface area contributed by atoms with Gasteiger partial charge in [0.2, 0.25) is 5.91 Å². The number of hydrogen-bond acceptors (Lipinski definition) is 5. The lowest BCUT2D eigenvalue weighted by atomic mass is 9.99. The van der Waals surface area contributed by atoms with E-state index in [1.54, 1.807) is 18.2 Å². The molecule has 8 heteroatoms. The summed E-state index contributed by atoms with van der Waals surface area (Å²) in [6, 6.07) is 12.0. The first-order chi connectivity index (χ1) is 14.2. The smallest absolute Gasteiger partial charge is 0.280 e. The van der Waals surface area contributed by atoms with E-state index in [1.807, 2.05) is 39.8 Å². The van der Waals surface area contributed by atoms with Crippen LogP contribution in [0.5, 0.6) is 0 Å². The van der Waals surface area contributed by atoms with Gasteiger partial charge in [-0.25, -0.2) is 4.39 Å². The Balaban J connectivity index is 2.21. The van der Waals surface area contributed by atoms with Gasteiger partial charge < -0.3 is 5.32 Å². The van der Waals surface area contributed by atoms with E-state index in [0.717, 1.165) is 22.0 Å². The average Bonchev–Trinajstić information content (AvgIpc) is 3.19. The first-order valence-corrected chi connectivity index (χ1v) is 10.2. The fourth-order valence-corrected chi connectivity index (χ4v) is 3.52. The van der Waals surface area contributed by atoms with E-state index in [9.17, 15) is 14.0 Å². The van der Waals surface area contributed by atoms with Crippen molar-refractivity contribution in [3.8, 4) is 0 Å². The molecule has 1 N–H and O–H groups in total. The number of hydrogen-bond donors (Lipinski definition) is 1. The molecule has 6 nitrogen and oxygen atoms in total. The summed E-state index contributed by atoms with van der Waals surface area (Å²) >= 11 is 1.01. The average molecular weight is 427 g/mol. The SMILES string of the molecule is Cc1cccc([C@H](C(=O)NC(C)(C)C)N(C(=O)c2csnn2)c2ccccc2F)c1. The lowest BCUT2D eigenvalue weighted by molar-refractivity contribution is -0.123. The first kappa shape index (κ1) is 21.6. The van der Waals surface area contributed by atoms with Crippen LogP contribution in [0.15, 0.2) is 53.9 Å².